The van der Waals surface area contributed by atoms with Crippen molar-refractivity contribution in [2.75, 3.05) is 19.7 Å². The summed E-state index contributed by atoms with van der Waals surface area (Å²) in [4.78, 5) is 25.6. The molecule has 1 amide bonds. The molecule has 2 aromatic carbocycles. The van der Waals surface area contributed by atoms with Crippen LogP contribution in [0.1, 0.15) is 24.3 Å². The first kappa shape index (κ1) is 19.8. The van der Waals surface area contributed by atoms with E-state index in [1.807, 2.05) is 30.3 Å². The van der Waals surface area contributed by atoms with Crippen molar-refractivity contribution >= 4 is 11.9 Å². The molecule has 28 heavy (non-hydrogen) atoms. The van der Waals surface area contributed by atoms with Gasteiger partial charge in [0, 0.05) is 31.5 Å². The maximum atomic E-state index is 13.5. The number of aliphatic carboxylic acids is 1. The Bertz CT molecular complexity index is 844. The Kier molecular flexibility index (Phi) is 6.23. The van der Waals surface area contributed by atoms with Crippen molar-refractivity contribution in [2.24, 2.45) is 5.92 Å². The van der Waals surface area contributed by atoms with Gasteiger partial charge in [0.15, 0.2) is 11.6 Å². The molecule has 0 saturated carbocycles. The lowest BCUT2D eigenvalue weighted by atomic mass is 9.89. The number of halogens is 2. The molecule has 148 valence electrons. The summed E-state index contributed by atoms with van der Waals surface area (Å²) in [5, 5.41) is 9.51. The zero-order chi connectivity index (χ0) is 20.1. The van der Waals surface area contributed by atoms with Crippen LogP contribution >= 0.6 is 0 Å². The summed E-state index contributed by atoms with van der Waals surface area (Å²) in [5.41, 5.74) is 0.903. The summed E-state index contributed by atoms with van der Waals surface area (Å²) in [5.74, 6) is -3.50. The van der Waals surface area contributed by atoms with Gasteiger partial charge in [-0.25, -0.2) is 8.78 Å². The first-order chi connectivity index (χ1) is 13.5. The average molecular weight is 389 g/mol. The van der Waals surface area contributed by atoms with Crippen molar-refractivity contribution in [3.63, 3.8) is 0 Å². The Morgan fingerprint density at radius 1 is 1.11 bits per heavy atom. The number of carboxylic acids is 1. The normalized spacial score (nSPS) is 18.9. The predicted octanol–water partition coefficient (Wildman–Crippen LogP) is 3.45. The molecular weight excluding hydrogens is 368 g/mol. The van der Waals surface area contributed by atoms with Gasteiger partial charge in [-0.1, -0.05) is 30.3 Å². The van der Waals surface area contributed by atoms with E-state index < -0.39 is 23.5 Å². The Morgan fingerprint density at radius 3 is 2.54 bits per heavy atom. The van der Waals surface area contributed by atoms with E-state index in [0.29, 0.717) is 13.0 Å². The molecule has 1 fully saturated rings. The fourth-order valence-electron chi connectivity index (χ4n) is 3.45. The van der Waals surface area contributed by atoms with E-state index in [2.05, 4.69) is 0 Å². The second-order valence-electron chi connectivity index (χ2n) is 6.79. The van der Waals surface area contributed by atoms with Crippen LogP contribution < -0.4 is 4.74 Å². The van der Waals surface area contributed by atoms with Crippen LogP contribution in [0.15, 0.2) is 48.5 Å². The molecule has 2 atom stereocenters. The SMILES string of the molecule is O=C(O)C1CN(C(=O)CCCOc2ccc(F)cc2F)CC1c1ccccc1. The minimum atomic E-state index is -0.917. The smallest absolute Gasteiger partial charge is 0.308 e. The maximum Gasteiger partial charge on any atom is 0.308 e. The first-order valence-corrected chi connectivity index (χ1v) is 9.09. The number of ether oxygens (including phenoxy) is 1. The van der Waals surface area contributed by atoms with Crippen LogP contribution in [0, 0.1) is 17.6 Å². The number of nitrogens with zero attached hydrogens (tertiary/aromatic N) is 1. The van der Waals surface area contributed by atoms with Crippen LogP contribution in [-0.4, -0.2) is 41.6 Å². The van der Waals surface area contributed by atoms with Gasteiger partial charge in [0.25, 0.3) is 0 Å². The Hall–Kier alpha value is -2.96. The van der Waals surface area contributed by atoms with Gasteiger partial charge in [-0.15, -0.1) is 0 Å². The summed E-state index contributed by atoms with van der Waals surface area (Å²) in [7, 11) is 0. The van der Waals surface area contributed by atoms with Crippen LogP contribution in [0.2, 0.25) is 0 Å². The van der Waals surface area contributed by atoms with Gasteiger partial charge in [0.2, 0.25) is 5.91 Å². The van der Waals surface area contributed by atoms with E-state index in [4.69, 9.17) is 4.74 Å². The van der Waals surface area contributed by atoms with Gasteiger partial charge in [-0.2, -0.15) is 0 Å². The highest BCUT2D eigenvalue weighted by Gasteiger charge is 2.40. The molecule has 1 saturated heterocycles. The van der Waals surface area contributed by atoms with E-state index in [0.717, 1.165) is 17.7 Å². The van der Waals surface area contributed by atoms with Crippen LogP contribution in [-0.2, 0) is 9.59 Å². The van der Waals surface area contributed by atoms with Crippen molar-refractivity contribution in [3.8, 4) is 5.75 Å². The fraction of sp³-hybridized carbons (Fsp3) is 0.333. The van der Waals surface area contributed by atoms with Crippen LogP contribution in [0.5, 0.6) is 5.75 Å². The molecule has 0 bridgehead atoms. The number of rotatable bonds is 7. The van der Waals surface area contributed by atoms with Crippen molar-refractivity contribution in [2.45, 2.75) is 18.8 Å². The summed E-state index contributed by atoms with van der Waals surface area (Å²) >= 11 is 0. The van der Waals surface area contributed by atoms with Crippen LogP contribution in [0.4, 0.5) is 8.78 Å². The zero-order valence-electron chi connectivity index (χ0n) is 15.2. The summed E-state index contributed by atoms with van der Waals surface area (Å²) in [6.07, 6.45) is 0.510. The lowest BCUT2D eigenvalue weighted by Gasteiger charge is -2.16. The topological polar surface area (TPSA) is 66.8 Å². The van der Waals surface area contributed by atoms with E-state index >= 15 is 0 Å². The molecule has 0 aromatic heterocycles. The quantitative estimate of drug-likeness (QED) is 0.737. The van der Waals surface area contributed by atoms with Gasteiger partial charge in [0.1, 0.15) is 5.82 Å². The average Bonchev–Trinajstić information content (AvgIpc) is 3.13. The van der Waals surface area contributed by atoms with Crippen molar-refractivity contribution in [1.82, 2.24) is 4.90 Å². The third kappa shape index (κ3) is 4.65. The monoisotopic (exact) mass is 389 g/mol. The fourth-order valence-corrected chi connectivity index (χ4v) is 3.45. The summed E-state index contributed by atoms with van der Waals surface area (Å²) in [6, 6.07) is 12.4. The van der Waals surface area contributed by atoms with E-state index in [9.17, 15) is 23.5 Å². The molecule has 1 N–H and O–H groups in total. The molecule has 1 aliphatic rings. The minimum Gasteiger partial charge on any atom is -0.491 e. The zero-order valence-corrected chi connectivity index (χ0v) is 15.2. The highest BCUT2D eigenvalue weighted by molar-refractivity contribution is 5.79. The molecule has 0 radical (unpaired) electrons. The van der Waals surface area contributed by atoms with E-state index in [-0.39, 0.29) is 37.1 Å². The number of hydrogen-bond donors (Lipinski definition) is 1. The Labute approximate surface area is 161 Å². The second-order valence-corrected chi connectivity index (χ2v) is 6.79. The molecule has 5 nitrogen and oxygen atoms in total. The molecule has 2 unspecified atom stereocenters. The van der Waals surface area contributed by atoms with E-state index in [1.165, 1.54) is 6.07 Å². The number of carbonyl (C=O) groups is 2. The maximum absolute atomic E-state index is 13.5. The van der Waals surface area contributed by atoms with Gasteiger partial charge in [-0.3, -0.25) is 9.59 Å². The van der Waals surface area contributed by atoms with Crippen LogP contribution in [0.25, 0.3) is 0 Å². The van der Waals surface area contributed by atoms with Gasteiger partial charge in [0.05, 0.1) is 12.5 Å². The molecular formula is C21H21F2NO4. The van der Waals surface area contributed by atoms with Crippen molar-refractivity contribution in [1.29, 1.82) is 0 Å². The molecule has 1 aliphatic heterocycles. The van der Waals surface area contributed by atoms with Crippen LogP contribution in [0.3, 0.4) is 0 Å². The number of amides is 1. The number of carbonyl (C=O) groups excluding carboxylic acids is 1. The highest BCUT2D eigenvalue weighted by Crippen LogP contribution is 2.33. The molecule has 3 rings (SSSR count). The number of likely N-dealkylation sites (tertiary alicyclic amines) is 1. The number of benzene rings is 2. The Morgan fingerprint density at radius 2 is 1.86 bits per heavy atom. The lowest BCUT2D eigenvalue weighted by molar-refractivity contribution is -0.141. The summed E-state index contributed by atoms with van der Waals surface area (Å²) < 4.78 is 31.6. The minimum absolute atomic E-state index is 0.0647. The van der Waals surface area contributed by atoms with Crippen molar-refractivity contribution in [3.05, 3.63) is 65.7 Å². The molecule has 2 aromatic rings. The third-order valence-electron chi connectivity index (χ3n) is 4.90. The lowest BCUT2D eigenvalue weighted by Crippen LogP contribution is -2.30. The van der Waals surface area contributed by atoms with E-state index in [1.54, 1.807) is 4.90 Å². The predicted molar refractivity (Wildman–Crippen MR) is 98.0 cm³/mol. The molecule has 7 heteroatoms. The molecule has 0 spiro atoms. The second kappa shape index (κ2) is 8.82. The van der Waals surface area contributed by atoms with Gasteiger partial charge in [-0.05, 0) is 24.1 Å². The molecule has 0 aliphatic carbocycles. The largest absolute Gasteiger partial charge is 0.491 e. The third-order valence-corrected chi connectivity index (χ3v) is 4.90. The van der Waals surface area contributed by atoms with Gasteiger partial charge < -0.3 is 14.7 Å². The molecule has 1 heterocycles. The number of carboxylic acid groups (broad SMARTS) is 1. The highest BCUT2D eigenvalue weighted by atomic mass is 19.1. The summed E-state index contributed by atoms with van der Waals surface area (Å²) in [6.45, 7) is 0.626. The van der Waals surface area contributed by atoms with Crippen molar-refractivity contribution < 1.29 is 28.2 Å². The van der Waals surface area contributed by atoms with Gasteiger partial charge >= 0.3 is 5.97 Å². The number of hydrogen-bond acceptors (Lipinski definition) is 3. The first-order valence-electron chi connectivity index (χ1n) is 9.09. The standard InChI is InChI=1S/C21H21F2NO4/c22-15-8-9-19(18(23)11-15)28-10-4-7-20(25)24-12-16(17(13-24)21(26)27)14-5-2-1-3-6-14/h1-3,5-6,8-9,11,16-17H,4,7,10,12-13H2,(H,26,27). The Balaban J connectivity index is 1.52.